The molecule has 0 radical (unpaired) electrons. The van der Waals surface area contributed by atoms with Crippen molar-refractivity contribution in [2.45, 2.75) is 19.5 Å². The average Bonchev–Trinajstić information content (AvgIpc) is 2.88. The van der Waals surface area contributed by atoms with Crippen LogP contribution >= 0.6 is 0 Å². The van der Waals surface area contributed by atoms with E-state index in [1.165, 1.54) is 0 Å². The van der Waals surface area contributed by atoms with Crippen molar-refractivity contribution in [3.05, 3.63) is 36.4 Å². The molecular weight excluding hydrogens is 244 g/mol. The number of ether oxygens (including phenoxy) is 2. The molecule has 2 N–H and O–H groups in total. The highest BCUT2D eigenvalue weighted by Crippen LogP contribution is 2.25. The Labute approximate surface area is 112 Å². The molecule has 0 saturated heterocycles. The maximum Gasteiger partial charge on any atom is 0.166 e. The zero-order valence-electron chi connectivity index (χ0n) is 11.1. The van der Waals surface area contributed by atoms with Gasteiger partial charge in [0.2, 0.25) is 0 Å². The van der Waals surface area contributed by atoms with Gasteiger partial charge in [0, 0.05) is 0 Å². The van der Waals surface area contributed by atoms with Crippen LogP contribution in [0.2, 0.25) is 0 Å². The summed E-state index contributed by atoms with van der Waals surface area (Å²) in [6, 6.07) is 7.38. The van der Waals surface area contributed by atoms with Crippen molar-refractivity contribution in [3.63, 3.8) is 0 Å². The molecule has 19 heavy (non-hydrogen) atoms. The predicted molar refractivity (Wildman–Crippen MR) is 71.1 cm³/mol. The molecule has 1 aromatic heterocycles. The van der Waals surface area contributed by atoms with Crippen molar-refractivity contribution in [1.29, 1.82) is 0 Å². The van der Waals surface area contributed by atoms with Gasteiger partial charge in [-0.25, -0.2) is 9.67 Å². The van der Waals surface area contributed by atoms with Crippen LogP contribution in [0.5, 0.6) is 11.5 Å². The molecule has 1 heterocycles. The van der Waals surface area contributed by atoms with Crippen LogP contribution in [0.15, 0.2) is 30.6 Å². The lowest BCUT2D eigenvalue weighted by atomic mass is 10.3. The zero-order chi connectivity index (χ0) is 13.7. The summed E-state index contributed by atoms with van der Waals surface area (Å²) in [7, 11) is 1.62. The van der Waals surface area contributed by atoms with E-state index in [0.717, 1.165) is 11.5 Å². The summed E-state index contributed by atoms with van der Waals surface area (Å²) in [5.41, 5.74) is 5.70. The summed E-state index contributed by atoms with van der Waals surface area (Å²) in [5, 5.41) is 4.25. The molecule has 0 aliphatic carbocycles. The quantitative estimate of drug-likeness (QED) is 0.851. The second-order valence-corrected chi connectivity index (χ2v) is 4.15. The van der Waals surface area contributed by atoms with Crippen molar-refractivity contribution in [2.24, 2.45) is 5.73 Å². The van der Waals surface area contributed by atoms with E-state index < -0.39 is 0 Å². The van der Waals surface area contributed by atoms with Gasteiger partial charge in [-0.1, -0.05) is 12.1 Å². The van der Waals surface area contributed by atoms with E-state index >= 15 is 0 Å². The minimum absolute atomic E-state index is 0.156. The van der Waals surface area contributed by atoms with E-state index in [-0.39, 0.29) is 6.04 Å². The van der Waals surface area contributed by atoms with Crippen LogP contribution in [0.1, 0.15) is 18.8 Å². The first kappa shape index (κ1) is 13.4. The van der Waals surface area contributed by atoms with Gasteiger partial charge in [0.15, 0.2) is 17.3 Å². The highest BCUT2D eigenvalue weighted by molar-refractivity contribution is 5.39. The van der Waals surface area contributed by atoms with E-state index in [2.05, 4.69) is 10.1 Å². The molecule has 6 nitrogen and oxygen atoms in total. The fourth-order valence-corrected chi connectivity index (χ4v) is 1.61. The third-order valence-electron chi connectivity index (χ3n) is 2.61. The van der Waals surface area contributed by atoms with Gasteiger partial charge in [-0.2, -0.15) is 5.10 Å². The van der Waals surface area contributed by atoms with Gasteiger partial charge >= 0.3 is 0 Å². The van der Waals surface area contributed by atoms with Crippen molar-refractivity contribution in [2.75, 3.05) is 13.7 Å². The first-order chi connectivity index (χ1) is 9.20. The Kier molecular flexibility index (Phi) is 4.35. The third-order valence-corrected chi connectivity index (χ3v) is 2.61. The molecule has 0 saturated carbocycles. The number of nitrogens with zero attached hydrogens (tertiary/aromatic N) is 3. The standard InChI is InChI=1S/C13H18N4O2/c1-10(14)13-15-9-17(16-13)7-8-19-12-6-4-3-5-11(12)18-2/h3-6,9-10H,7-8,14H2,1-2H3. The van der Waals surface area contributed by atoms with Gasteiger partial charge in [-0.15, -0.1) is 0 Å². The SMILES string of the molecule is COc1ccccc1OCCn1cnc(C(C)N)n1. The molecule has 2 rings (SSSR count). The Morgan fingerprint density at radius 1 is 1.32 bits per heavy atom. The summed E-state index contributed by atoms with van der Waals surface area (Å²) in [5.74, 6) is 2.08. The molecule has 102 valence electrons. The zero-order valence-corrected chi connectivity index (χ0v) is 11.1. The summed E-state index contributed by atoms with van der Waals surface area (Å²) >= 11 is 0. The highest BCUT2D eigenvalue weighted by Gasteiger charge is 2.06. The number of benzene rings is 1. The van der Waals surface area contributed by atoms with Crippen molar-refractivity contribution >= 4 is 0 Å². The first-order valence-corrected chi connectivity index (χ1v) is 6.11. The largest absolute Gasteiger partial charge is 0.493 e. The highest BCUT2D eigenvalue weighted by atomic mass is 16.5. The topological polar surface area (TPSA) is 75.2 Å². The smallest absolute Gasteiger partial charge is 0.166 e. The van der Waals surface area contributed by atoms with Crippen LogP contribution < -0.4 is 15.2 Å². The average molecular weight is 262 g/mol. The molecule has 0 aliphatic rings. The number of methoxy groups -OCH3 is 1. The third kappa shape index (κ3) is 3.45. The number of para-hydroxylation sites is 2. The summed E-state index contributed by atoms with van der Waals surface area (Å²) in [4.78, 5) is 4.12. The second-order valence-electron chi connectivity index (χ2n) is 4.15. The first-order valence-electron chi connectivity index (χ1n) is 6.11. The van der Waals surface area contributed by atoms with Gasteiger partial charge < -0.3 is 15.2 Å². The van der Waals surface area contributed by atoms with Gasteiger partial charge in [-0.3, -0.25) is 0 Å². The van der Waals surface area contributed by atoms with Crippen LogP contribution in [-0.4, -0.2) is 28.5 Å². The van der Waals surface area contributed by atoms with E-state index in [0.29, 0.717) is 19.0 Å². The maximum absolute atomic E-state index is 5.70. The molecule has 0 spiro atoms. The minimum Gasteiger partial charge on any atom is -0.493 e. The number of rotatable bonds is 6. The van der Waals surface area contributed by atoms with Crippen LogP contribution in [0.25, 0.3) is 0 Å². The summed E-state index contributed by atoms with van der Waals surface area (Å²) in [6.07, 6.45) is 1.66. The molecule has 1 aromatic carbocycles. The second kappa shape index (κ2) is 6.19. The van der Waals surface area contributed by atoms with Crippen LogP contribution in [0, 0.1) is 0 Å². The molecule has 0 aliphatic heterocycles. The van der Waals surface area contributed by atoms with Gasteiger partial charge in [0.05, 0.1) is 19.7 Å². The molecule has 1 unspecified atom stereocenters. The Morgan fingerprint density at radius 3 is 2.68 bits per heavy atom. The number of hydrogen-bond acceptors (Lipinski definition) is 5. The Hall–Kier alpha value is -2.08. The number of hydrogen-bond donors (Lipinski definition) is 1. The molecular formula is C13H18N4O2. The predicted octanol–water partition coefficient (Wildman–Crippen LogP) is 1.39. The monoisotopic (exact) mass is 262 g/mol. The van der Waals surface area contributed by atoms with Gasteiger partial charge in [0.25, 0.3) is 0 Å². The Balaban J connectivity index is 1.89. The molecule has 0 amide bonds. The molecule has 6 heteroatoms. The van der Waals surface area contributed by atoms with Crippen molar-refractivity contribution in [1.82, 2.24) is 14.8 Å². The molecule has 0 fully saturated rings. The molecule has 0 bridgehead atoms. The van der Waals surface area contributed by atoms with Gasteiger partial charge in [0.1, 0.15) is 12.9 Å². The number of aromatic nitrogens is 3. The minimum atomic E-state index is -0.156. The number of nitrogens with two attached hydrogens (primary N) is 1. The molecule has 1 atom stereocenters. The lowest BCUT2D eigenvalue weighted by Crippen LogP contribution is -2.11. The van der Waals surface area contributed by atoms with E-state index in [1.54, 1.807) is 18.1 Å². The van der Waals surface area contributed by atoms with Crippen LogP contribution in [0.4, 0.5) is 0 Å². The van der Waals surface area contributed by atoms with Crippen LogP contribution in [-0.2, 0) is 6.54 Å². The van der Waals surface area contributed by atoms with Crippen LogP contribution in [0.3, 0.4) is 0 Å². The van der Waals surface area contributed by atoms with E-state index in [9.17, 15) is 0 Å². The van der Waals surface area contributed by atoms with Crippen molar-refractivity contribution in [3.8, 4) is 11.5 Å². The molecule has 2 aromatic rings. The normalized spacial score (nSPS) is 12.2. The lowest BCUT2D eigenvalue weighted by molar-refractivity contribution is 0.274. The maximum atomic E-state index is 5.70. The van der Waals surface area contributed by atoms with E-state index in [1.807, 2.05) is 31.2 Å². The van der Waals surface area contributed by atoms with E-state index in [4.69, 9.17) is 15.2 Å². The lowest BCUT2D eigenvalue weighted by Gasteiger charge is -2.09. The summed E-state index contributed by atoms with van der Waals surface area (Å²) < 4.78 is 12.6. The van der Waals surface area contributed by atoms with Gasteiger partial charge in [-0.05, 0) is 19.1 Å². The van der Waals surface area contributed by atoms with Crippen molar-refractivity contribution < 1.29 is 9.47 Å². The fourth-order valence-electron chi connectivity index (χ4n) is 1.61. The Bertz CT molecular complexity index is 525. The fraction of sp³-hybridized carbons (Fsp3) is 0.385. The summed E-state index contributed by atoms with van der Waals surface area (Å²) in [6.45, 7) is 2.95. The Morgan fingerprint density at radius 2 is 2.05 bits per heavy atom.